The first-order valence-electron chi connectivity index (χ1n) is 36.1. The number of aliphatic carboxylic acids is 1. The Morgan fingerprint density at radius 2 is 0.635 bits per heavy atom. The van der Waals surface area contributed by atoms with Crippen molar-refractivity contribution >= 4 is 17.9 Å². The predicted molar refractivity (Wildman–Crippen MR) is 361 cm³/mol. The van der Waals surface area contributed by atoms with E-state index in [4.69, 9.17) is 18.9 Å². The summed E-state index contributed by atoms with van der Waals surface area (Å²) in [6.07, 6.45) is 85.6. The third-order valence-electron chi connectivity index (χ3n) is 15.9. The molecular formula is C76H137NO8. The molecule has 2 atom stereocenters. The molecule has 0 aromatic carbocycles. The average molecular weight is 1190 g/mol. The molecular weight excluding hydrogens is 1050 g/mol. The van der Waals surface area contributed by atoms with Gasteiger partial charge in [0.05, 0.1) is 40.3 Å². The van der Waals surface area contributed by atoms with Gasteiger partial charge in [0.2, 0.25) is 0 Å². The van der Waals surface area contributed by atoms with Gasteiger partial charge in [0.15, 0.2) is 12.4 Å². The van der Waals surface area contributed by atoms with Crippen molar-refractivity contribution in [3.8, 4) is 0 Å². The fourth-order valence-corrected chi connectivity index (χ4v) is 10.4. The fraction of sp³-hybridized carbons (Fsp3) is 0.803. The molecule has 9 nitrogen and oxygen atoms in total. The highest BCUT2D eigenvalue weighted by Crippen LogP contribution is 2.18. The molecule has 0 aromatic heterocycles. The van der Waals surface area contributed by atoms with E-state index in [2.05, 4.69) is 86.8 Å². The zero-order valence-corrected chi connectivity index (χ0v) is 56.5. The molecule has 0 fully saturated rings. The molecule has 0 heterocycles. The Labute approximate surface area is 526 Å². The van der Waals surface area contributed by atoms with Crippen molar-refractivity contribution in [1.82, 2.24) is 0 Å². The van der Waals surface area contributed by atoms with Crippen LogP contribution in [0, 0.1) is 0 Å². The maximum absolute atomic E-state index is 12.9. The summed E-state index contributed by atoms with van der Waals surface area (Å²) in [5, 5.41) is 11.8. The highest BCUT2D eigenvalue weighted by Gasteiger charge is 2.22. The van der Waals surface area contributed by atoms with Gasteiger partial charge in [-0.05, 0) is 89.9 Å². The highest BCUT2D eigenvalue weighted by molar-refractivity contribution is 5.70. The fourth-order valence-electron chi connectivity index (χ4n) is 10.4. The molecule has 0 bridgehead atoms. The Hall–Kier alpha value is -3.27. The number of hydrogen-bond donors (Lipinski definition) is 0. The van der Waals surface area contributed by atoms with E-state index in [1.54, 1.807) is 0 Å². The first kappa shape index (κ1) is 81.7. The number of nitrogens with zero attached hydrogens (tertiary/aromatic N) is 1. The van der Waals surface area contributed by atoms with Gasteiger partial charge in [0.1, 0.15) is 13.2 Å². The number of ether oxygens (including phenoxy) is 4. The summed E-state index contributed by atoms with van der Waals surface area (Å²) in [5.74, 6) is -2.27. The van der Waals surface area contributed by atoms with Crippen LogP contribution in [0.1, 0.15) is 335 Å². The van der Waals surface area contributed by atoms with Gasteiger partial charge in [-0.3, -0.25) is 9.59 Å². The minimum absolute atomic E-state index is 0.147. The number of hydrogen-bond acceptors (Lipinski definition) is 8. The van der Waals surface area contributed by atoms with Crippen molar-refractivity contribution in [3.63, 3.8) is 0 Å². The standard InChI is InChI=1S/C76H137NO8/c1-6-8-10-12-14-16-18-20-22-24-26-28-30-32-34-35-36-37-38-39-41-43-45-47-49-51-53-55-57-59-61-63-65-67-74(79)85-72(71-84-76(75(80)81)82-69-68-77(3,4)5)70-83-73(78)66-64-62-60-58-56-54-52-50-48-46-44-42-40-33-31-29-27-25-23-21-19-17-15-13-11-9-7-2/h18-21,24-27,30-33,72,76H,6-17,22-23,28-29,34-71H2,1-5H3/b20-18-,21-19-,26-24-,27-25-,32-30-,33-31-. The molecule has 2 unspecified atom stereocenters. The van der Waals surface area contributed by atoms with E-state index < -0.39 is 24.3 Å². The van der Waals surface area contributed by atoms with Crippen LogP contribution in [0.3, 0.4) is 0 Å². The summed E-state index contributed by atoms with van der Waals surface area (Å²) in [5.41, 5.74) is 0. The first-order chi connectivity index (χ1) is 41.6. The van der Waals surface area contributed by atoms with Gasteiger partial charge in [-0.15, -0.1) is 0 Å². The normalized spacial score (nSPS) is 13.1. The minimum Gasteiger partial charge on any atom is -0.545 e. The second-order valence-corrected chi connectivity index (χ2v) is 25.5. The molecule has 0 amide bonds. The second kappa shape index (κ2) is 66.7. The molecule has 0 aliphatic carbocycles. The van der Waals surface area contributed by atoms with Gasteiger partial charge in [-0.2, -0.15) is 0 Å². The topological polar surface area (TPSA) is 111 Å². The van der Waals surface area contributed by atoms with Gasteiger partial charge in [-0.1, -0.05) is 305 Å². The maximum atomic E-state index is 12.9. The zero-order chi connectivity index (χ0) is 61.9. The van der Waals surface area contributed by atoms with E-state index in [1.165, 1.54) is 244 Å². The molecule has 0 saturated carbocycles. The minimum atomic E-state index is -1.62. The molecule has 0 aliphatic rings. The van der Waals surface area contributed by atoms with Gasteiger partial charge in [0.25, 0.3) is 0 Å². The lowest BCUT2D eigenvalue weighted by Crippen LogP contribution is -2.44. The lowest BCUT2D eigenvalue weighted by atomic mass is 10.0. The molecule has 0 rings (SSSR count). The summed E-state index contributed by atoms with van der Waals surface area (Å²) >= 11 is 0. The molecule has 0 aliphatic heterocycles. The van der Waals surface area contributed by atoms with Crippen LogP contribution in [-0.2, 0) is 33.3 Å². The number of quaternary nitrogens is 1. The summed E-state index contributed by atoms with van der Waals surface area (Å²) < 4.78 is 22.8. The van der Waals surface area contributed by atoms with Crippen LogP contribution in [-0.4, -0.2) is 82.3 Å². The van der Waals surface area contributed by atoms with Gasteiger partial charge >= 0.3 is 11.9 Å². The first-order valence-corrected chi connectivity index (χ1v) is 36.1. The van der Waals surface area contributed by atoms with E-state index in [-0.39, 0.29) is 38.6 Å². The SMILES string of the molecule is CCCCCCC/C=C\C/C=C\C/C=C\CCCCCCCCCCCCCCCCCCCCC(=O)OC(COC(=O)CCCCCCCCCCCCCC/C=C\C/C=C\C/C=C\CCCCCCC)COC(OCC[N+](C)(C)C)C(=O)[O-]. The highest BCUT2D eigenvalue weighted by atomic mass is 16.7. The van der Waals surface area contributed by atoms with Crippen molar-refractivity contribution in [2.24, 2.45) is 0 Å². The van der Waals surface area contributed by atoms with Crippen LogP contribution in [0.15, 0.2) is 72.9 Å². The van der Waals surface area contributed by atoms with Gasteiger partial charge < -0.3 is 33.3 Å². The Morgan fingerprint density at radius 1 is 0.353 bits per heavy atom. The number of unbranched alkanes of at least 4 members (excludes halogenated alkanes) is 40. The summed E-state index contributed by atoms with van der Waals surface area (Å²) in [6.45, 7) is 4.76. The zero-order valence-electron chi connectivity index (χ0n) is 56.5. The van der Waals surface area contributed by atoms with Crippen molar-refractivity contribution in [2.75, 3.05) is 47.5 Å². The predicted octanol–water partition coefficient (Wildman–Crippen LogP) is 21.1. The van der Waals surface area contributed by atoms with E-state index in [1.807, 2.05) is 21.1 Å². The van der Waals surface area contributed by atoms with Crippen LogP contribution in [0.5, 0.6) is 0 Å². The number of allylic oxidation sites excluding steroid dienone is 12. The number of rotatable bonds is 67. The Kier molecular flexibility index (Phi) is 64.1. The molecule has 0 aromatic rings. The van der Waals surface area contributed by atoms with Crippen LogP contribution in [0.25, 0.3) is 0 Å². The molecule has 0 spiro atoms. The number of carboxylic acids is 1. The number of carboxylic acid groups (broad SMARTS) is 1. The number of likely N-dealkylation sites (N-methyl/N-ethyl adjacent to an activating group) is 1. The molecule has 0 N–H and O–H groups in total. The van der Waals surface area contributed by atoms with Crippen molar-refractivity contribution in [1.29, 1.82) is 0 Å². The van der Waals surface area contributed by atoms with Crippen LogP contribution >= 0.6 is 0 Å². The third kappa shape index (κ3) is 68.1. The number of carbonyl (C=O) groups excluding carboxylic acids is 3. The van der Waals surface area contributed by atoms with E-state index in [0.29, 0.717) is 17.4 Å². The van der Waals surface area contributed by atoms with Crippen LogP contribution in [0.4, 0.5) is 0 Å². The Balaban J connectivity index is 4.09. The average Bonchev–Trinajstić information content (AvgIpc) is 3.49. The number of esters is 2. The third-order valence-corrected chi connectivity index (χ3v) is 15.9. The smallest absolute Gasteiger partial charge is 0.306 e. The molecule has 85 heavy (non-hydrogen) atoms. The Bertz CT molecular complexity index is 1620. The van der Waals surface area contributed by atoms with E-state index in [9.17, 15) is 19.5 Å². The monoisotopic (exact) mass is 1190 g/mol. The van der Waals surface area contributed by atoms with Crippen molar-refractivity contribution < 1.29 is 42.9 Å². The summed E-state index contributed by atoms with van der Waals surface area (Å²) in [4.78, 5) is 37.5. The molecule has 494 valence electrons. The molecule has 0 saturated heterocycles. The molecule has 0 radical (unpaired) electrons. The van der Waals surface area contributed by atoms with Crippen LogP contribution < -0.4 is 5.11 Å². The molecule has 9 heteroatoms. The number of carbonyl (C=O) groups is 3. The van der Waals surface area contributed by atoms with Gasteiger partial charge in [0, 0.05) is 12.8 Å². The summed E-state index contributed by atoms with van der Waals surface area (Å²) in [7, 11) is 5.94. The van der Waals surface area contributed by atoms with E-state index in [0.717, 1.165) is 57.8 Å². The summed E-state index contributed by atoms with van der Waals surface area (Å²) in [6, 6.07) is 0. The van der Waals surface area contributed by atoms with Crippen LogP contribution in [0.2, 0.25) is 0 Å². The Morgan fingerprint density at radius 3 is 0.941 bits per heavy atom. The lowest BCUT2D eigenvalue weighted by molar-refractivity contribution is -0.870. The maximum Gasteiger partial charge on any atom is 0.306 e. The second-order valence-electron chi connectivity index (χ2n) is 25.5. The lowest BCUT2D eigenvalue weighted by Gasteiger charge is -2.26. The largest absolute Gasteiger partial charge is 0.545 e. The van der Waals surface area contributed by atoms with Crippen molar-refractivity contribution in [3.05, 3.63) is 72.9 Å². The van der Waals surface area contributed by atoms with E-state index >= 15 is 0 Å². The van der Waals surface area contributed by atoms with Gasteiger partial charge in [-0.25, -0.2) is 0 Å². The van der Waals surface area contributed by atoms with Crippen molar-refractivity contribution in [2.45, 2.75) is 347 Å². The quantitative estimate of drug-likeness (QED) is 0.0195.